The number of amides is 1. The minimum Gasteiger partial charge on any atom is -0.323 e. The fraction of sp³-hybridized carbons (Fsp3) is 0.333. The number of nitrogens with one attached hydrogen (secondary N) is 2. The van der Waals surface area contributed by atoms with Crippen molar-refractivity contribution in [3.63, 3.8) is 0 Å². The SMILES string of the molecule is CNC(=O)ONC=NCc1cc(C(F)(F)F)cc(C(F)(F)F)c1. The maximum Gasteiger partial charge on any atom is 0.431 e. The number of halogens is 6. The molecule has 0 heterocycles. The number of carbonyl (C=O) groups is 1. The molecule has 1 aromatic rings. The first-order chi connectivity index (χ1) is 10.5. The Kier molecular flexibility index (Phi) is 5.82. The predicted octanol–water partition coefficient (Wildman–Crippen LogP) is 3.11. The van der Waals surface area contributed by atoms with Gasteiger partial charge in [-0.15, -0.1) is 0 Å². The summed E-state index contributed by atoms with van der Waals surface area (Å²) in [6.45, 7) is -0.475. The Balaban J connectivity index is 2.89. The van der Waals surface area contributed by atoms with E-state index in [1.165, 1.54) is 7.05 Å². The van der Waals surface area contributed by atoms with Crippen LogP contribution in [0.1, 0.15) is 16.7 Å². The molecule has 0 fully saturated rings. The number of carbonyl (C=O) groups excluding carboxylic acids is 1. The summed E-state index contributed by atoms with van der Waals surface area (Å²) in [6, 6.07) is 1.15. The zero-order valence-electron chi connectivity index (χ0n) is 11.5. The van der Waals surface area contributed by atoms with E-state index in [0.717, 1.165) is 6.34 Å². The lowest BCUT2D eigenvalue weighted by molar-refractivity contribution is -0.143. The molecule has 1 rings (SSSR count). The van der Waals surface area contributed by atoms with E-state index < -0.39 is 36.1 Å². The van der Waals surface area contributed by atoms with E-state index >= 15 is 0 Å². The van der Waals surface area contributed by atoms with Gasteiger partial charge in [0.25, 0.3) is 0 Å². The zero-order chi connectivity index (χ0) is 17.7. The minimum absolute atomic E-state index is 0.0279. The van der Waals surface area contributed by atoms with Crippen LogP contribution in [0.3, 0.4) is 0 Å². The Hall–Kier alpha value is -2.46. The largest absolute Gasteiger partial charge is 0.431 e. The van der Waals surface area contributed by atoms with E-state index in [2.05, 4.69) is 15.1 Å². The molecule has 11 heteroatoms. The second-order valence-corrected chi connectivity index (χ2v) is 4.14. The standard InChI is InChI=1S/C12H11F6N3O2/c1-19-10(22)23-21-6-20-5-7-2-8(11(13,14)15)4-9(3-7)12(16,17)18/h2-4,6H,5H2,1H3,(H,19,22)(H,20,21). The van der Waals surface area contributed by atoms with Crippen LogP contribution < -0.4 is 10.8 Å². The van der Waals surface area contributed by atoms with Crippen LogP contribution >= 0.6 is 0 Å². The molecule has 1 aromatic carbocycles. The molecule has 0 saturated carbocycles. The predicted molar refractivity (Wildman–Crippen MR) is 67.3 cm³/mol. The first-order valence-corrected chi connectivity index (χ1v) is 5.94. The highest BCUT2D eigenvalue weighted by Gasteiger charge is 2.36. The smallest absolute Gasteiger partial charge is 0.323 e. The van der Waals surface area contributed by atoms with E-state index in [4.69, 9.17) is 0 Å². The molecule has 0 spiro atoms. The zero-order valence-corrected chi connectivity index (χ0v) is 11.5. The van der Waals surface area contributed by atoms with Crippen LogP contribution in [0.4, 0.5) is 31.1 Å². The van der Waals surface area contributed by atoms with Gasteiger partial charge in [0.2, 0.25) is 0 Å². The Bertz CT molecular complexity index is 551. The summed E-state index contributed by atoms with van der Waals surface area (Å²) in [5, 5.41) is 2.09. The van der Waals surface area contributed by atoms with Crippen molar-refractivity contribution in [3.05, 3.63) is 34.9 Å². The van der Waals surface area contributed by atoms with Gasteiger partial charge in [0.15, 0.2) is 0 Å². The third kappa shape index (κ3) is 6.04. The maximum absolute atomic E-state index is 12.6. The highest BCUT2D eigenvalue weighted by atomic mass is 19.4. The number of hydrogen-bond donors (Lipinski definition) is 2. The van der Waals surface area contributed by atoms with Crippen molar-refractivity contribution in [1.29, 1.82) is 0 Å². The van der Waals surface area contributed by atoms with Gasteiger partial charge in [0.1, 0.15) is 6.34 Å². The summed E-state index contributed by atoms with van der Waals surface area (Å²) in [4.78, 5) is 18.4. The van der Waals surface area contributed by atoms with Crippen molar-refractivity contribution in [2.75, 3.05) is 7.05 Å². The quantitative estimate of drug-likeness (QED) is 0.382. The van der Waals surface area contributed by atoms with Gasteiger partial charge in [0.05, 0.1) is 17.7 Å². The molecule has 0 aliphatic rings. The summed E-state index contributed by atoms with van der Waals surface area (Å²) < 4.78 is 75.7. The van der Waals surface area contributed by atoms with Gasteiger partial charge in [0, 0.05) is 7.05 Å². The molecule has 0 aliphatic heterocycles. The van der Waals surface area contributed by atoms with Crippen molar-refractivity contribution in [2.45, 2.75) is 18.9 Å². The van der Waals surface area contributed by atoms with Gasteiger partial charge >= 0.3 is 18.4 Å². The first-order valence-electron chi connectivity index (χ1n) is 5.94. The molecule has 2 N–H and O–H groups in total. The number of rotatable bonds is 4. The lowest BCUT2D eigenvalue weighted by Gasteiger charge is -2.13. The molecule has 23 heavy (non-hydrogen) atoms. The second-order valence-electron chi connectivity index (χ2n) is 4.14. The summed E-state index contributed by atoms with van der Waals surface area (Å²) in [5.41, 5.74) is -1.20. The Morgan fingerprint density at radius 1 is 1.13 bits per heavy atom. The molecule has 0 radical (unpaired) electrons. The van der Waals surface area contributed by atoms with Crippen LogP contribution in [-0.2, 0) is 23.7 Å². The van der Waals surface area contributed by atoms with Crippen molar-refractivity contribution >= 4 is 12.4 Å². The van der Waals surface area contributed by atoms with Crippen molar-refractivity contribution in [2.24, 2.45) is 4.99 Å². The molecule has 0 bridgehead atoms. The summed E-state index contributed by atoms with van der Waals surface area (Å²) in [6.07, 6.45) is -9.86. The number of hydroxylamine groups is 1. The maximum atomic E-state index is 12.6. The normalized spacial score (nSPS) is 12.3. The van der Waals surface area contributed by atoms with E-state index in [1.54, 1.807) is 0 Å². The number of alkyl halides is 6. The van der Waals surface area contributed by atoms with Gasteiger partial charge < -0.3 is 10.2 Å². The lowest BCUT2D eigenvalue weighted by Crippen LogP contribution is -2.26. The topological polar surface area (TPSA) is 62.7 Å². The number of nitrogens with zero attached hydrogens (tertiary/aromatic N) is 1. The van der Waals surface area contributed by atoms with Gasteiger partial charge in [-0.2, -0.15) is 26.3 Å². The third-order valence-electron chi connectivity index (χ3n) is 2.42. The second kappa shape index (κ2) is 7.20. The van der Waals surface area contributed by atoms with Crippen molar-refractivity contribution < 1.29 is 36.0 Å². The molecule has 5 nitrogen and oxygen atoms in total. The van der Waals surface area contributed by atoms with E-state index in [-0.39, 0.29) is 11.6 Å². The van der Waals surface area contributed by atoms with Crippen LogP contribution in [0.5, 0.6) is 0 Å². The first kappa shape index (κ1) is 18.6. The van der Waals surface area contributed by atoms with Crippen LogP contribution in [0.15, 0.2) is 23.2 Å². The van der Waals surface area contributed by atoms with Gasteiger partial charge in [-0.3, -0.25) is 4.99 Å². The Labute approximate surface area is 126 Å². The Morgan fingerprint density at radius 2 is 1.65 bits per heavy atom. The lowest BCUT2D eigenvalue weighted by atomic mass is 10.0. The Morgan fingerprint density at radius 3 is 2.09 bits per heavy atom. The molecule has 128 valence electrons. The van der Waals surface area contributed by atoms with Crippen LogP contribution in [0, 0.1) is 0 Å². The van der Waals surface area contributed by atoms with Gasteiger partial charge in [-0.05, 0) is 23.8 Å². The highest BCUT2D eigenvalue weighted by molar-refractivity contribution is 5.68. The van der Waals surface area contributed by atoms with E-state index in [1.807, 2.05) is 5.48 Å². The summed E-state index contributed by atoms with van der Waals surface area (Å²) >= 11 is 0. The number of benzene rings is 1. The molecule has 0 aliphatic carbocycles. The average molecular weight is 343 g/mol. The average Bonchev–Trinajstić information content (AvgIpc) is 2.44. The molecule has 0 unspecified atom stereocenters. The molecular weight excluding hydrogens is 332 g/mol. The fourth-order valence-corrected chi connectivity index (χ4v) is 1.43. The van der Waals surface area contributed by atoms with Gasteiger partial charge in [-0.1, -0.05) is 0 Å². The fourth-order valence-electron chi connectivity index (χ4n) is 1.43. The monoisotopic (exact) mass is 343 g/mol. The molecule has 0 aromatic heterocycles. The van der Waals surface area contributed by atoms with E-state index in [9.17, 15) is 31.1 Å². The summed E-state index contributed by atoms with van der Waals surface area (Å²) in [5.74, 6) is 0. The molecule has 1 amide bonds. The van der Waals surface area contributed by atoms with Crippen LogP contribution in [-0.4, -0.2) is 19.5 Å². The highest BCUT2D eigenvalue weighted by Crippen LogP contribution is 2.36. The number of aliphatic imine (C=N–C) groups is 1. The van der Waals surface area contributed by atoms with Crippen molar-refractivity contribution in [1.82, 2.24) is 10.8 Å². The van der Waals surface area contributed by atoms with Crippen LogP contribution in [0.2, 0.25) is 0 Å². The molecular formula is C12H11F6N3O2. The molecule has 0 atom stereocenters. The van der Waals surface area contributed by atoms with Crippen LogP contribution in [0.25, 0.3) is 0 Å². The molecule has 0 saturated heterocycles. The third-order valence-corrected chi connectivity index (χ3v) is 2.42. The minimum atomic E-state index is -4.92. The van der Waals surface area contributed by atoms with Gasteiger partial charge in [-0.25, -0.2) is 10.3 Å². The van der Waals surface area contributed by atoms with Crippen molar-refractivity contribution in [3.8, 4) is 0 Å². The number of hydrogen-bond acceptors (Lipinski definition) is 3. The van der Waals surface area contributed by atoms with E-state index in [0.29, 0.717) is 12.1 Å². The summed E-state index contributed by atoms with van der Waals surface area (Å²) in [7, 11) is 1.28.